The number of hydrogen-bond donors (Lipinski definition) is 1. The molecule has 2 N–H and O–H groups in total. The van der Waals surface area contributed by atoms with Gasteiger partial charge in [0, 0.05) is 5.56 Å². The molecule has 20 heavy (non-hydrogen) atoms. The van der Waals surface area contributed by atoms with Crippen molar-refractivity contribution in [2.45, 2.75) is 31.1 Å². The maximum absolute atomic E-state index is 9.75. The van der Waals surface area contributed by atoms with Crippen molar-refractivity contribution < 1.29 is 21.8 Å². The molecule has 1 fully saturated rings. The fraction of sp³-hybridized carbons (Fsp3) is 0.462. The van der Waals surface area contributed by atoms with Gasteiger partial charge in [-0.05, 0) is 18.9 Å². The van der Waals surface area contributed by atoms with Crippen molar-refractivity contribution in [1.82, 2.24) is 0 Å². The topological polar surface area (TPSA) is 29.0 Å². The summed E-state index contributed by atoms with van der Waals surface area (Å²) in [7, 11) is -3.92. The van der Waals surface area contributed by atoms with Crippen LogP contribution >= 0.6 is 0 Å². The summed E-state index contributed by atoms with van der Waals surface area (Å²) in [4.78, 5) is 0. The second-order valence-corrected chi connectivity index (χ2v) is 5.25. The normalized spacial score (nSPS) is 19.9. The Morgan fingerprint density at radius 1 is 1.10 bits per heavy atom. The predicted octanol–water partition coefficient (Wildman–Crippen LogP) is 3.44. The smallest absolute Gasteiger partial charge is 0.418 e. The van der Waals surface area contributed by atoms with Gasteiger partial charge in [-0.25, -0.2) is 4.58 Å². The molecule has 1 heterocycles. The average Bonchev–Trinajstić information content (AvgIpc) is 2.91. The van der Waals surface area contributed by atoms with Gasteiger partial charge in [0.1, 0.15) is 5.69 Å². The van der Waals surface area contributed by atoms with E-state index in [2.05, 4.69) is 35.9 Å². The van der Waals surface area contributed by atoms with Crippen LogP contribution in [0.3, 0.4) is 0 Å². The lowest BCUT2D eigenvalue weighted by molar-refractivity contribution is -0.403. The van der Waals surface area contributed by atoms with Crippen molar-refractivity contribution in [1.29, 1.82) is 0 Å². The predicted molar refractivity (Wildman–Crippen MR) is 71.8 cm³/mol. The number of benzene rings is 1. The van der Waals surface area contributed by atoms with E-state index >= 15 is 0 Å². The first kappa shape index (κ1) is 14.9. The summed E-state index contributed by atoms with van der Waals surface area (Å²) in [5.74, 6) is 1.06. The number of nitrogens with zero attached hydrogens (tertiary/aromatic N) is 1. The van der Waals surface area contributed by atoms with Crippen molar-refractivity contribution in [3.63, 3.8) is 0 Å². The van der Waals surface area contributed by atoms with E-state index in [4.69, 9.17) is 5.73 Å². The molecule has 1 spiro atoms. The molecule has 1 aliphatic carbocycles. The van der Waals surface area contributed by atoms with Gasteiger partial charge < -0.3 is 17.3 Å². The van der Waals surface area contributed by atoms with Gasteiger partial charge in [0.05, 0.1) is 12.5 Å². The zero-order valence-electron chi connectivity index (χ0n) is 11.3. The summed E-state index contributed by atoms with van der Waals surface area (Å²) in [5, 5.41) is 0. The second kappa shape index (κ2) is 5.11. The standard InChI is InChI=1S/C13H16N2.BF4/c1-15-11-7-3-2-6-10(11)13(12(15)14)8-4-5-9-13;2-1(3,4)5/h2-3,6-7,14H,4-5,8-9H2,1H3;/q;-1/p+1. The number of amidine groups is 1. The number of nitrogens with two attached hydrogens (primary N) is 1. The Kier molecular flexibility index (Phi) is 3.80. The van der Waals surface area contributed by atoms with E-state index in [9.17, 15) is 17.3 Å². The third-order valence-corrected chi connectivity index (χ3v) is 4.09. The molecule has 110 valence electrons. The largest absolute Gasteiger partial charge is 0.673 e. The van der Waals surface area contributed by atoms with Crippen molar-refractivity contribution in [3.8, 4) is 0 Å². The number of rotatable bonds is 0. The van der Waals surface area contributed by atoms with Crippen LogP contribution in [-0.4, -0.2) is 24.7 Å². The summed E-state index contributed by atoms with van der Waals surface area (Å²) < 4.78 is 41.2. The molecule has 0 saturated heterocycles. The van der Waals surface area contributed by atoms with E-state index in [1.807, 2.05) is 0 Å². The molecule has 3 rings (SSSR count). The van der Waals surface area contributed by atoms with Gasteiger partial charge in [0.15, 0.2) is 0 Å². The molecule has 0 atom stereocenters. The summed E-state index contributed by atoms with van der Waals surface area (Å²) in [6.45, 7) is 0. The van der Waals surface area contributed by atoms with Gasteiger partial charge in [-0.3, -0.25) is 5.73 Å². The van der Waals surface area contributed by atoms with E-state index in [0.717, 1.165) is 5.84 Å². The van der Waals surface area contributed by atoms with Crippen LogP contribution in [0, 0.1) is 0 Å². The third kappa shape index (κ3) is 2.67. The monoisotopic (exact) mass is 288 g/mol. The van der Waals surface area contributed by atoms with Crippen LogP contribution in [0.2, 0.25) is 0 Å². The minimum Gasteiger partial charge on any atom is -0.418 e. The number of halogens is 4. The lowest BCUT2D eigenvalue weighted by Gasteiger charge is -2.19. The van der Waals surface area contributed by atoms with Crippen LogP contribution in [0.5, 0.6) is 0 Å². The first-order valence-electron chi connectivity index (χ1n) is 6.59. The van der Waals surface area contributed by atoms with E-state index in [1.54, 1.807) is 0 Å². The molecule has 0 aromatic heterocycles. The van der Waals surface area contributed by atoms with Gasteiger partial charge in [-0.2, -0.15) is 0 Å². The summed E-state index contributed by atoms with van der Waals surface area (Å²) in [6, 6.07) is 8.65. The molecule has 2 aliphatic rings. The van der Waals surface area contributed by atoms with Gasteiger partial charge in [0.25, 0.3) is 5.84 Å². The van der Waals surface area contributed by atoms with E-state index in [0.29, 0.717) is 0 Å². The molecule has 0 bridgehead atoms. The Bertz CT molecular complexity index is 527. The zero-order chi connectivity index (χ0) is 15.0. The molecule has 1 aromatic rings. The van der Waals surface area contributed by atoms with E-state index in [1.165, 1.54) is 36.9 Å². The minimum atomic E-state index is -6.00. The van der Waals surface area contributed by atoms with Gasteiger partial charge in [-0.1, -0.05) is 31.0 Å². The molecule has 7 heteroatoms. The van der Waals surface area contributed by atoms with Crippen LogP contribution in [0.4, 0.5) is 23.0 Å². The highest BCUT2D eigenvalue weighted by molar-refractivity contribution is 6.50. The maximum atomic E-state index is 9.75. The van der Waals surface area contributed by atoms with Crippen molar-refractivity contribution >= 4 is 18.8 Å². The average molecular weight is 288 g/mol. The molecule has 1 aliphatic heterocycles. The Morgan fingerprint density at radius 3 is 2.15 bits per heavy atom. The molecule has 1 aromatic carbocycles. The first-order valence-corrected chi connectivity index (χ1v) is 6.59. The second-order valence-electron chi connectivity index (χ2n) is 5.25. The van der Waals surface area contributed by atoms with E-state index < -0.39 is 7.25 Å². The third-order valence-electron chi connectivity index (χ3n) is 4.09. The molecule has 0 unspecified atom stereocenters. The summed E-state index contributed by atoms with van der Waals surface area (Å²) >= 11 is 0. The Balaban J connectivity index is 0.000000257. The van der Waals surface area contributed by atoms with Crippen molar-refractivity contribution in [3.05, 3.63) is 29.8 Å². The molecular formula is C13H17BF4N2. The number of hydrogen-bond acceptors (Lipinski definition) is 1. The quantitative estimate of drug-likeness (QED) is 0.442. The van der Waals surface area contributed by atoms with Crippen LogP contribution in [-0.2, 0) is 5.41 Å². The van der Waals surface area contributed by atoms with Crippen LogP contribution in [0.25, 0.3) is 0 Å². The van der Waals surface area contributed by atoms with Gasteiger partial charge in [0.2, 0.25) is 0 Å². The lowest BCUT2D eigenvalue weighted by Crippen LogP contribution is -2.38. The van der Waals surface area contributed by atoms with Crippen LogP contribution in [0.15, 0.2) is 24.3 Å². The van der Waals surface area contributed by atoms with Crippen molar-refractivity contribution in [2.24, 2.45) is 5.73 Å². The summed E-state index contributed by atoms with van der Waals surface area (Å²) in [5.41, 5.74) is 9.23. The molecule has 1 saturated carbocycles. The van der Waals surface area contributed by atoms with Crippen LogP contribution in [0.1, 0.15) is 31.2 Å². The Labute approximate surface area is 115 Å². The number of para-hydroxylation sites is 1. The maximum Gasteiger partial charge on any atom is 0.673 e. The minimum absolute atomic E-state index is 0.172. The van der Waals surface area contributed by atoms with Gasteiger partial charge >= 0.3 is 7.25 Å². The molecular weight excluding hydrogens is 271 g/mol. The fourth-order valence-electron chi connectivity index (χ4n) is 3.26. The highest BCUT2D eigenvalue weighted by Gasteiger charge is 2.50. The Hall–Kier alpha value is -1.53. The number of fused-ring (bicyclic) bond motifs is 2. The van der Waals surface area contributed by atoms with Crippen LogP contribution < -0.4 is 5.73 Å². The van der Waals surface area contributed by atoms with Crippen molar-refractivity contribution in [2.75, 3.05) is 7.05 Å². The summed E-state index contributed by atoms with van der Waals surface area (Å²) in [6.07, 6.45) is 5.06. The molecule has 0 amide bonds. The van der Waals surface area contributed by atoms with Gasteiger partial charge in [-0.15, -0.1) is 0 Å². The lowest BCUT2D eigenvalue weighted by atomic mass is 9.79. The SMILES string of the molecule is C[N+]1=C(N)C2(CCCC2)c2ccccc21.F[B-](F)(F)F. The van der Waals surface area contributed by atoms with E-state index in [-0.39, 0.29) is 5.41 Å². The highest BCUT2D eigenvalue weighted by atomic mass is 19.5. The highest BCUT2D eigenvalue weighted by Crippen LogP contribution is 2.48. The fourth-order valence-corrected chi connectivity index (χ4v) is 3.26. The Morgan fingerprint density at radius 2 is 1.60 bits per heavy atom. The molecule has 0 radical (unpaired) electrons. The first-order chi connectivity index (χ1) is 9.26. The molecule has 2 nitrogen and oxygen atoms in total. The zero-order valence-corrected chi connectivity index (χ0v) is 11.3.